The monoisotopic (exact) mass is 346 g/mol. The Morgan fingerprint density at radius 2 is 1.59 bits per heavy atom. The third kappa shape index (κ3) is 4.24. The lowest BCUT2D eigenvalue weighted by Crippen LogP contribution is -2.21. The highest BCUT2D eigenvalue weighted by Crippen LogP contribution is 2.35. The average Bonchev–Trinajstić information content (AvgIpc) is 2.45. The molecule has 0 N–H and O–H groups in total. The van der Waals surface area contributed by atoms with Crippen LogP contribution in [0.1, 0.15) is 28.3 Å². The largest absolute Gasteiger partial charge is 0.390 e. The van der Waals surface area contributed by atoms with E-state index in [0.717, 1.165) is 0 Å². The van der Waals surface area contributed by atoms with Gasteiger partial charge >= 0.3 is 6.18 Å². The molecule has 0 saturated heterocycles. The Kier molecular flexibility index (Phi) is 5.14. The zero-order valence-electron chi connectivity index (χ0n) is 11.2. The number of carbonyl (C=O) groups is 1. The van der Waals surface area contributed by atoms with Crippen LogP contribution in [0, 0.1) is 0 Å². The predicted octanol–water partition coefficient (Wildman–Crippen LogP) is 5.91. The van der Waals surface area contributed by atoms with Crippen molar-refractivity contribution in [3.8, 4) is 0 Å². The number of benzene rings is 2. The molecule has 2 aromatic rings. The Morgan fingerprint density at radius 3 is 2.14 bits per heavy atom. The fraction of sp³-hybridized carbons (Fsp3) is 0.188. The normalized spacial score (nSPS) is 13.0. The first-order valence-electron chi connectivity index (χ1n) is 6.39. The van der Waals surface area contributed by atoms with Gasteiger partial charge in [-0.15, -0.1) is 0 Å². The van der Waals surface area contributed by atoms with Gasteiger partial charge in [-0.1, -0.05) is 47.5 Å². The van der Waals surface area contributed by atoms with Crippen LogP contribution >= 0.6 is 23.2 Å². The summed E-state index contributed by atoms with van der Waals surface area (Å²) < 4.78 is 38.5. The van der Waals surface area contributed by atoms with Crippen LogP contribution in [0.3, 0.4) is 0 Å². The fourth-order valence-corrected chi connectivity index (χ4v) is 2.49. The maximum Gasteiger partial charge on any atom is 0.390 e. The first-order valence-corrected chi connectivity index (χ1v) is 7.14. The second-order valence-electron chi connectivity index (χ2n) is 4.77. The summed E-state index contributed by atoms with van der Waals surface area (Å²) in [5.41, 5.74) is 0.333. The summed E-state index contributed by atoms with van der Waals surface area (Å²) in [7, 11) is 0. The van der Waals surface area contributed by atoms with Crippen molar-refractivity contribution in [3.05, 3.63) is 69.7 Å². The lowest BCUT2D eigenvalue weighted by Gasteiger charge is -2.19. The van der Waals surface area contributed by atoms with Crippen molar-refractivity contribution in [2.24, 2.45) is 0 Å². The van der Waals surface area contributed by atoms with E-state index in [-0.39, 0.29) is 16.1 Å². The Hall–Kier alpha value is -1.52. The molecule has 0 aromatic heterocycles. The van der Waals surface area contributed by atoms with E-state index in [0.29, 0.717) is 5.02 Å². The summed E-state index contributed by atoms with van der Waals surface area (Å²) in [6.07, 6.45) is -5.72. The van der Waals surface area contributed by atoms with Crippen LogP contribution < -0.4 is 0 Å². The highest BCUT2D eigenvalue weighted by molar-refractivity contribution is 6.34. The highest BCUT2D eigenvalue weighted by Gasteiger charge is 2.37. The molecular formula is C16H11Cl2F3O. The molecule has 2 rings (SSSR count). The Labute approximate surface area is 135 Å². The minimum atomic E-state index is -4.47. The van der Waals surface area contributed by atoms with Gasteiger partial charge in [0.15, 0.2) is 5.78 Å². The van der Waals surface area contributed by atoms with Crippen molar-refractivity contribution in [2.75, 3.05) is 0 Å². The van der Waals surface area contributed by atoms with Gasteiger partial charge in [0.05, 0.1) is 17.4 Å². The molecule has 0 amide bonds. The van der Waals surface area contributed by atoms with Gasteiger partial charge < -0.3 is 0 Å². The highest BCUT2D eigenvalue weighted by atomic mass is 35.5. The number of alkyl halides is 3. The zero-order valence-corrected chi connectivity index (χ0v) is 12.7. The van der Waals surface area contributed by atoms with Crippen LogP contribution in [-0.2, 0) is 0 Å². The van der Waals surface area contributed by atoms with Gasteiger partial charge in [-0.3, -0.25) is 4.79 Å². The van der Waals surface area contributed by atoms with E-state index in [1.54, 1.807) is 12.1 Å². The molecule has 6 heteroatoms. The Balaban J connectivity index is 2.42. The lowest BCUT2D eigenvalue weighted by molar-refractivity contribution is -0.136. The summed E-state index contributed by atoms with van der Waals surface area (Å²) in [5.74, 6) is -2.01. The Bertz CT molecular complexity index is 666. The molecule has 0 bridgehead atoms. The second-order valence-corrected chi connectivity index (χ2v) is 5.61. The summed E-state index contributed by atoms with van der Waals surface area (Å²) in [6, 6.07) is 11.8. The van der Waals surface area contributed by atoms with Crippen molar-refractivity contribution in [1.82, 2.24) is 0 Å². The van der Waals surface area contributed by atoms with Crippen molar-refractivity contribution in [1.29, 1.82) is 0 Å². The molecule has 0 spiro atoms. The first-order chi connectivity index (χ1) is 10.3. The summed E-state index contributed by atoms with van der Waals surface area (Å²) in [4.78, 5) is 12.5. The van der Waals surface area contributed by atoms with Gasteiger partial charge in [0.1, 0.15) is 0 Å². The average molecular weight is 347 g/mol. The first kappa shape index (κ1) is 16.8. The molecule has 0 aliphatic rings. The number of halogens is 5. The number of hydrogen-bond donors (Lipinski definition) is 0. The van der Waals surface area contributed by atoms with Crippen LogP contribution in [0.25, 0.3) is 0 Å². The molecular weight excluding hydrogens is 336 g/mol. The van der Waals surface area contributed by atoms with Gasteiger partial charge in [-0.2, -0.15) is 13.2 Å². The number of Topliss-reactive ketones (excluding diaryl/α,β-unsaturated/α-hetero) is 1. The smallest absolute Gasteiger partial charge is 0.293 e. The van der Waals surface area contributed by atoms with E-state index >= 15 is 0 Å². The molecule has 0 fully saturated rings. The van der Waals surface area contributed by atoms with Crippen LogP contribution in [-0.4, -0.2) is 12.0 Å². The van der Waals surface area contributed by atoms with Gasteiger partial charge in [0.2, 0.25) is 0 Å². The molecule has 116 valence electrons. The second kappa shape index (κ2) is 6.71. The van der Waals surface area contributed by atoms with Crippen molar-refractivity contribution < 1.29 is 18.0 Å². The standard InChI is InChI=1S/C16H11Cl2F3O/c17-11-7-5-10(6-8-11)13(9-16(19,20)21)15(22)12-3-1-2-4-14(12)18/h1-8,13H,9H2. The van der Waals surface area contributed by atoms with Crippen molar-refractivity contribution in [3.63, 3.8) is 0 Å². The van der Waals surface area contributed by atoms with E-state index in [9.17, 15) is 18.0 Å². The summed E-state index contributed by atoms with van der Waals surface area (Å²) in [6.45, 7) is 0. The minimum Gasteiger partial charge on any atom is -0.293 e. The van der Waals surface area contributed by atoms with Crippen LogP contribution in [0.5, 0.6) is 0 Å². The predicted molar refractivity (Wildman–Crippen MR) is 80.6 cm³/mol. The van der Waals surface area contributed by atoms with Crippen LogP contribution in [0.15, 0.2) is 48.5 Å². The maximum absolute atomic E-state index is 12.8. The third-order valence-corrected chi connectivity index (χ3v) is 3.75. The Morgan fingerprint density at radius 1 is 1.00 bits per heavy atom. The van der Waals surface area contributed by atoms with Crippen LogP contribution in [0.2, 0.25) is 10.0 Å². The van der Waals surface area contributed by atoms with E-state index in [2.05, 4.69) is 0 Å². The number of hydrogen-bond acceptors (Lipinski definition) is 1. The van der Waals surface area contributed by atoms with Crippen molar-refractivity contribution >= 4 is 29.0 Å². The van der Waals surface area contributed by atoms with E-state index in [1.165, 1.54) is 36.4 Å². The topological polar surface area (TPSA) is 17.1 Å². The van der Waals surface area contributed by atoms with Gasteiger partial charge in [-0.25, -0.2) is 0 Å². The number of rotatable bonds is 4. The maximum atomic E-state index is 12.8. The fourth-order valence-electron chi connectivity index (χ4n) is 2.14. The van der Waals surface area contributed by atoms with Gasteiger partial charge in [0, 0.05) is 10.6 Å². The molecule has 0 saturated carbocycles. The number of ketones is 1. The number of carbonyl (C=O) groups excluding carboxylic acids is 1. The molecule has 1 unspecified atom stereocenters. The molecule has 0 aliphatic heterocycles. The molecule has 0 radical (unpaired) electrons. The summed E-state index contributed by atoms with van der Waals surface area (Å²) >= 11 is 11.7. The molecule has 0 aliphatic carbocycles. The van der Waals surface area contributed by atoms with E-state index in [4.69, 9.17) is 23.2 Å². The minimum absolute atomic E-state index is 0.0772. The summed E-state index contributed by atoms with van der Waals surface area (Å²) in [5, 5.41) is 0.522. The van der Waals surface area contributed by atoms with Gasteiger partial charge in [-0.05, 0) is 29.8 Å². The SMILES string of the molecule is O=C(c1ccccc1Cl)C(CC(F)(F)F)c1ccc(Cl)cc1. The molecule has 0 heterocycles. The molecule has 1 atom stereocenters. The van der Waals surface area contributed by atoms with E-state index in [1.807, 2.05) is 0 Å². The third-order valence-electron chi connectivity index (χ3n) is 3.16. The molecule has 22 heavy (non-hydrogen) atoms. The quantitative estimate of drug-likeness (QED) is 0.628. The molecule has 2 aromatic carbocycles. The van der Waals surface area contributed by atoms with Crippen molar-refractivity contribution in [2.45, 2.75) is 18.5 Å². The van der Waals surface area contributed by atoms with E-state index < -0.39 is 24.3 Å². The molecule has 1 nitrogen and oxygen atoms in total. The van der Waals surface area contributed by atoms with Crippen LogP contribution in [0.4, 0.5) is 13.2 Å². The lowest BCUT2D eigenvalue weighted by atomic mass is 9.88. The van der Waals surface area contributed by atoms with Gasteiger partial charge in [0.25, 0.3) is 0 Å². The zero-order chi connectivity index (χ0) is 16.3.